The van der Waals surface area contributed by atoms with E-state index in [-0.39, 0.29) is 0 Å². The fraction of sp³-hybridized carbons (Fsp3) is 0.538. The molecular formula is C13H18FN. The van der Waals surface area contributed by atoms with E-state index in [9.17, 15) is 4.39 Å². The van der Waals surface area contributed by atoms with Crippen molar-refractivity contribution in [2.24, 2.45) is 0 Å². The van der Waals surface area contributed by atoms with Gasteiger partial charge in [-0.3, -0.25) is 0 Å². The molecule has 0 aromatic heterocycles. The molecule has 0 aliphatic carbocycles. The largest absolute Gasteiger partial charge is 0.303 e. The number of benzene rings is 1. The molecule has 1 aliphatic heterocycles. The summed E-state index contributed by atoms with van der Waals surface area (Å²) in [6.07, 6.45) is 1.26. The average molecular weight is 207 g/mol. The fourth-order valence-corrected chi connectivity index (χ4v) is 2.25. The third-order valence-electron chi connectivity index (χ3n) is 3.39. The molecule has 0 radical (unpaired) electrons. The molecule has 1 fully saturated rings. The van der Waals surface area contributed by atoms with Gasteiger partial charge in [-0.25, -0.2) is 4.39 Å². The van der Waals surface area contributed by atoms with Gasteiger partial charge in [0.25, 0.3) is 0 Å². The lowest BCUT2D eigenvalue weighted by Crippen LogP contribution is -2.39. The first-order valence-corrected chi connectivity index (χ1v) is 5.71. The van der Waals surface area contributed by atoms with Crippen molar-refractivity contribution < 1.29 is 4.39 Å². The number of likely N-dealkylation sites (tertiary alicyclic amines) is 1. The molecule has 0 spiro atoms. The molecule has 0 N–H and O–H groups in total. The highest BCUT2D eigenvalue weighted by atomic mass is 19.1. The van der Waals surface area contributed by atoms with Crippen LogP contribution in [0.25, 0.3) is 0 Å². The summed E-state index contributed by atoms with van der Waals surface area (Å²) in [6.45, 7) is 4.92. The molecule has 1 nitrogen and oxygen atoms in total. The molecule has 82 valence electrons. The lowest BCUT2D eigenvalue weighted by atomic mass is 9.86. The second-order valence-electron chi connectivity index (χ2n) is 4.27. The minimum Gasteiger partial charge on any atom is -0.303 e. The van der Waals surface area contributed by atoms with Gasteiger partial charge < -0.3 is 4.90 Å². The molecular weight excluding hydrogens is 189 g/mol. The number of nitrogens with zero attached hydrogens (tertiary/aromatic N) is 1. The third kappa shape index (κ3) is 2.20. The maximum Gasteiger partial charge on any atom is 0.138 e. The minimum absolute atomic E-state index is 0.630. The summed E-state index contributed by atoms with van der Waals surface area (Å²) in [4.78, 5) is 2.31. The molecule has 1 heterocycles. The Balaban J connectivity index is 2.10. The summed E-state index contributed by atoms with van der Waals surface area (Å²) in [5.41, 5.74) is -0.242. The van der Waals surface area contributed by atoms with Crippen LogP contribution in [-0.4, -0.2) is 24.5 Å². The Morgan fingerprint density at radius 2 is 1.80 bits per heavy atom. The van der Waals surface area contributed by atoms with Crippen LogP contribution >= 0.6 is 0 Å². The summed E-state index contributed by atoms with van der Waals surface area (Å²) < 4.78 is 14.6. The van der Waals surface area contributed by atoms with Crippen LogP contribution < -0.4 is 0 Å². The molecule has 0 saturated carbocycles. The smallest absolute Gasteiger partial charge is 0.138 e. The van der Waals surface area contributed by atoms with E-state index in [1.807, 2.05) is 30.3 Å². The van der Waals surface area contributed by atoms with Crippen molar-refractivity contribution in [1.29, 1.82) is 0 Å². The Kier molecular flexibility index (Phi) is 3.06. The molecule has 1 aliphatic rings. The molecule has 2 heteroatoms. The number of halogens is 1. The van der Waals surface area contributed by atoms with E-state index in [0.29, 0.717) is 12.8 Å². The summed E-state index contributed by atoms with van der Waals surface area (Å²) in [5.74, 6) is 0. The Morgan fingerprint density at radius 3 is 2.33 bits per heavy atom. The first-order chi connectivity index (χ1) is 7.24. The van der Waals surface area contributed by atoms with Crippen molar-refractivity contribution in [3.63, 3.8) is 0 Å². The predicted octanol–water partition coefficient (Wildman–Crippen LogP) is 2.97. The molecule has 15 heavy (non-hydrogen) atoms. The van der Waals surface area contributed by atoms with E-state index in [1.165, 1.54) is 0 Å². The van der Waals surface area contributed by atoms with Gasteiger partial charge in [0.05, 0.1) is 0 Å². The third-order valence-corrected chi connectivity index (χ3v) is 3.39. The lowest BCUT2D eigenvalue weighted by molar-refractivity contribution is 0.0585. The normalized spacial score (nSPS) is 21.5. The second-order valence-corrected chi connectivity index (χ2v) is 4.27. The Bertz CT molecular complexity index is 302. The summed E-state index contributed by atoms with van der Waals surface area (Å²) in [5, 5.41) is 0. The zero-order valence-electron chi connectivity index (χ0n) is 9.25. The van der Waals surface area contributed by atoms with Gasteiger partial charge in [0.15, 0.2) is 0 Å². The Labute approximate surface area is 90.9 Å². The van der Waals surface area contributed by atoms with Gasteiger partial charge in [-0.1, -0.05) is 37.3 Å². The predicted molar refractivity (Wildman–Crippen MR) is 60.6 cm³/mol. The van der Waals surface area contributed by atoms with Crippen molar-refractivity contribution in [3.05, 3.63) is 35.9 Å². The number of piperidine rings is 1. The van der Waals surface area contributed by atoms with Crippen LogP contribution in [0.1, 0.15) is 25.3 Å². The van der Waals surface area contributed by atoms with Crippen LogP contribution in [0.5, 0.6) is 0 Å². The standard InChI is InChI=1S/C13H18FN/c1-2-15-10-8-13(14,9-11-15)12-6-4-3-5-7-12/h3-7H,2,8-11H2,1H3. The zero-order chi connectivity index (χ0) is 10.7. The topological polar surface area (TPSA) is 3.24 Å². The van der Waals surface area contributed by atoms with Crippen molar-refractivity contribution in [2.75, 3.05) is 19.6 Å². The summed E-state index contributed by atoms with van der Waals surface area (Å²) in [7, 11) is 0. The lowest BCUT2D eigenvalue weighted by Gasteiger charge is -2.36. The van der Waals surface area contributed by atoms with Crippen LogP contribution in [-0.2, 0) is 5.67 Å². The monoisotopic (exact) mass is 207 g/mol. The van der Waals surface area contributed by atoms with Gasteiger partial charge in [0.1, 0.15) is 5.67 Å². The van der Waals surface area contributed by atoms with E-state index < -0.39 is 5.67 Å². The molecule has 0 bridgehead atoms. The van der Waals surface area contributed by atoms with Crippen molar-refractivity contribution >= 4 is 0 Å². The van der Waals surface area contributed by atoms with E-state index in [0.717, 1.165) is 25.2 Å². The van der Waals surface area contributed by atoms with Crippen LogP contribution in [0.3, 0.4) is 0 Å². The minimum atomic E-state index is -1.09. The number of hydrogen-bond donors (Lipinski definition) is 0. The molecule has 1 saturated heterocycles. The van der Waals surface area contributed by atoms with Crippen LogP contribution in [0.15, 0.2) is 30.3 Å². The van der Waals surface area contributed by atoms with Crippen molar-refractivity contribution in [2.45, 2.75) is 25.4 Å². The Hall–Kier alpha value is -0.890. The van der Waals surface area contributed by atoms with Gasteiger partial charge in [-0.05, 0) is 24.9 Å². The van der Waals surface area contributed by atoms with Gasteiger partial charge in [-0.2, -0.15) is 0 Å². The molecule has 0 atom stereocenters. The fourth-order valence-electron chi connectivity index (χ4n) is 2.25. The van der Waals surface area contributed by atoms with Crippen LogP contribution in [0.4, 0.5) is 4.39 Å². The van der Waals surface area contributed by atoms with Crippen molar-refractivity contribution in [3.8, 4) is 0 Å². The molecule has 0 unspecified atom stereocenters. The maximum absolute atomic E-state index is 14.6. The molecule has 1 aromatic carbocycles. The average Bonchev–Trinajstić information content (AvgIpc) is 2.31. The highest BCUT2D eigenvalue weighted by molar-refractivity contribution is 5.23. The number of hydrogen-bond acceptors (Lipinski definition) is 1. The van der Waals surface area contributed by atoms with Crippen molar-refractivity contribution in [1.82, 2.24) is 4.90 Å². The summed E-state index contributed by atoms with van der Waals surface area (Å²) >= 11 is 0. The molecule has 0 amide bonds. The molecule has 1 aromatic rings. The number of rotatable bonds is 2. The Morgan fingerprint density at radius 1 is 1.20 bits per heavy atom. The van der Waals surface area contributed by atoms with E-state index in [1.54, 1.807) is 0 Å². The van der Waals surface area contributed by atoms with E-state index >= 15 is 0 Å². The van der Waals surface area contributed by atoms with Gasteiger partial charge in [-0.15, -0.1) is 0 Å². The van der Waals surface area contributed by atoms with Crippen LogP contribution in [0.2, 0.25) is 0 Å². The van der Waals surface area contributed by atoms with Gasteiger partial charge in [0.2, 0.25) is 0 Å². The summed E-state index contributed by atoms with van der Waals surface area (Å²) in [6, 6.07) is 9.59. The van der Waals surface area contributed by atoms with Gasteiger partial charge in [0, 0.05) is 13.1 Å². The quantitative estimate of drug-likeness (QED) is 0.720. The van der Waals surface area contributed by atoms with Crippen LogP contribution in [0, 0.1) is 0 Å². The second kappa shape index (κ2) is 4.31. The first-order valence-electron chi connectivity index (χ1n) is 5.71. The SMILES string of the molecule is CCN1CCC(F)(c2ccccc2)CC1. The van der Waals surface area contributed by atoms with E-state index in [4.69, 9.17) is 0 Å². The van der Waals surface area contributed by atoms with E-state index in [2.05, 4.69) is 11.8 Å². The molecule has 2 rings (SSSR count). The highest BCUT2D eigenvalue weighted by Crippen LogP contribution is 2.36. The first kappa shape index (κ1) is 10.6. The highest BCUT2D eigenvalue weighted by Gasteiger charge is 2.35. The zero-order valence-corrected chi connectivity index (χ0v) is 9.25. The number of alkyl halides is 1. The van der Waals surface area contributed by atoms with Gasteiger partial charge >= 0.3 is 0 Å². The maximum atomic E-state index is 14.6.